The molecule has 162 valence electrons. The van der Waals surface area contributed by atoms with Gasteiger partial charge in [-0.15, -0.1) is 11.8 Å². The largest absolute Gasteiger partial charge is 0.354 e. The van der Waals surface area contributed by atoms with Gasteiger partial charge in [0.05, 0.1) is 5.75 Å². The van der Waals surface area contributed by atoms with Gasteiger partial charge in [0.15, 0.2) is 0 Å². The van der Waals surface area contributed by atoms with Crippen molar-refractivity contribution in [3.05, 3.63) is 69.2 Å². The summed E-state index contributed by atoms with van der Waals surface area (Å²) < 4.78 is 1.03. The maximum absolute atomic E-state index is 13.1. The Labute approximate surface area is 196 Å². The van der Waals surface area contributed by atoms with Crippen molar-refractivity contribution in [1.82, 2.24) is 10.2 Å². The van der Waals surface area contributed by atoms with Crippen LogP contribution < -0.4 is 5.32 Å². The topological polar surface area (TPSA) is 49.4 Å². The van der Waals surface area contributed by atoms with Crippen LogP contribution >= 0.6 is 39.3 Å². The highest BCUT2D eigenvalue weighted by Crippen LogP contribution is 2.21. The van der Waals surface area contributed by atoms with E-state index in [1.165, 1.54) is 0 Å². The number of benzene rings is 2. The molecular formula is C23H28BrClN2O2S. The van der Waals surface area contributed by atoms with Gasteiger partial charge in [-0.2, -0.15) is 0 Å². The van der Waals surface area contributed by atoms with E-state index in [0.717, 1.165) is 34.2 Å². The van der Waals surface area contributed by atoms with Gasteiger partial charge >= 0.3 is 0 Å². The zero-order valence-corrected chi connectivity index (χ0v) is 20.5. The quantitative estimate of drug-likeness (QED) is 0.396. The van der Waals surface area contributed by atoms with Crippen LogP contribution in [0.5, 0.6) is 0 Å². The summed E-state index contributed by atoms with van der Waals surface area (Å²) in [5, 5.41) is 3.52. The first-order valence-electron chi connectivity index (χ1n) is 10.0. The fourth-order valence-electron chi connectivity index (χ4n) is 2.85. The maximum Gasteiger partial charge on any atom is 0.242 e. The van der Waals surface area contributed by atoms with Crippen LogP contribution in [0.3, 0.4) is 0 Å². The van der Waals surface area contributed by atoms with Crippen LogP contribution in [0.1, 0.15) is 37.8 Å². The van der Waals surface area contributed by atoms with Crippen LogP contribution in [0.2, 0.25) is 5.02 Å². The monoisotopic (exact) mass is 510 g/mol. The summed E-state index contributed by atoms with van der Waals surface area (Å²) in [5.41, 5.74) is 1.98. The molecule has 4 nitrogen and oxygen atoms in total. The number of carbonyl (C=O) groups excluding carboxylic acids is 2. The van der Waals surface area contributed by atoms with E-state index in [1.54, 1.807) is 29.7 Å². The summed E-state index contributed by atoms with van der Waals surface area (Å²) >= 11 is 11.3. The molecule has 0 radical (unpaired) electrons. The lowest BCUT2D eigenvalue weighted by atomic mass is 10.1. The van der Waals surface area contributed by atoms with Gasteiger partial charge in [0.2, 0.25) is 11.8 Å². The zero-order valence-electron chi connectivity index (χ0n) is 17.4. The van der Waals surface area contributed by atoms with Crippen LogP contribution in [-0.2, 0) is 21.9 Å². The van der Waals surface area contributed by atoms with Crippen molar-refractivity contribution >= 4 is 51.1 Å². The third-order valence-electron chi connectivity index (χ3n) is 4.70. The van der Waals surface area contributed by atoms with E-state index in [0.29, 0.717) is 23.9 Å². The molecule has 0 saturated carbocycles. The van der Waals surface area contributed by atoms with E-state index >= 15 is 0 Å². The van der Waals surface area contributed by atoms with E-state index in [-0.39, 0.29) is 11.8 Å². The highest BCUT2D eigenvalue weighted by Gasteiger charge is 2.26. The smallest absolute Gasteiger partial charge is 0.242 e. The van der Waals surface area contributed by atoms with Crippen molar-refractivity contribution in [3.63, 3.8) is 0 Å². The van der Waals surface area contributed by atoms with Crippen LogP contribution in [0.4, 0.5) is 0 Å². The second kappa shape index (κ2) is 13.0. The lowest BCUT2D eigenvalue weighted by Gasteiger charge is -2.29. The summed E-state index contributed by atoms with van der Waals surface area (Å²) in [4.78, 5) is 27.3. The minimum atomic E-state index is -0.570. The molecule has 0 unspecified atom stereocenters. The fourth-order valence-corrected chi connectivity index (χ4v) is 4.18. The molecule has 0 saturated heterocycles. The summed E-state index contributed by atoms with van der Waals surface area (Å²) in [6, 6.07) is 14.9. The molecule has 2 aromatic rings. The molecule has 0 aliphatic heterocycles. The molecule has 0 fully saturated rings. The number of rotatable bonds is 11. The highest BCUT2D eigenvalue weighted by molar-refractivity contribution is 9.10. The van der Waals surface area contributed by atoms with Crippen LogP contribution in [0.25, 0.3) is 0 Å². The Hall–Kier alpha value is -1.50. The average molecular weight is 512 g/mol. The van der Waals surface area contributed by atoms with Crippen molar-refractivity contribution in [1.29, 1.82) is 0 Å². The molecule has 0 aliphatic carbocycles. The first kappa shape index (κ1) is 24.8. The first-order chi connectivity index (χ1) is 14.4. The lowest BCUT2D eigenvalue weighted by molar-refractivity contribution is -0.138. The predicted molar refractivity (Wildman–Crippen MR) is 130 cm³/mol. The molecule has 1 atom stereocenters. The zero-order chi connectivity index (χ0) is 21.9. The molecule has 7 heteroatoms. The molecule has 0 aliphatic rings. The molecule has 0 heterocycles. The minimum absolute atomic E-state index is 0.0739. The SMILES string of the molecule is CCCCNC(=O)[C@@H](C)N(Cc1ccccc1Cl)C(=O)CSCc1ccc(Br)cc1. The Morgan fingerprint density at radius 3 is 2.53 bits per heavy atom. The Balaban J connectivity index is 2.04. The van der Waals surface area contributed by atoms with E-state index < -0.39 is 6.04 Å². The number of nitrogens with one attached hydrogen (secondary N) is 1. The predicted octanol–water partition coefficient (Wildman–Crippen LogP) is 5.67. The van der Waals surface area contributed by atoms with Crippen molar-refractivity contribution in [2.24, 2.45) is 0 Å². The van der Waals surface area contributed by atoms with Crippen LogP contribution in [-0.4, -0.2) is 35.1 Å². The van der Waals surface area contributed by atoms with Gasteiger partial charge < -0.3 is 10.2 Å². The second-order valence-corrected chi connectivity index (χ2v) is 9.36. The summed E-state index contributed by atoms with van der Waals surface area (Å²) in [7, 11) is 0. The summed E-state index contributed by atoms with van der Waals surface area (Å²) in [6.07, 6.45) is 1.92. The number of hydrogen-bond donors (Lipinski definition) is 1. The van der Waals surface area contributed by atoms with Gasteiger partial charge in [0, 0.05) is 28.3 Å². The molecular weight excluding hydrogens is 484 g/mol. The Morgan fingerprint density at radius 1 is 1.17 bits per heavy atom. The number of amides is 2. The van der Waals surface area contributed by atoms with E-state index in [9.17, 15) is 9.59 Å². The number of unbranched alkanes of at least 4 members (excludes halogenated alkanes) is 1. The van der Waals surface area contributed by atoms with E-state index in [1.807, 2.05) is 42.5 Å². The van der Waals surface area contributed by atoms with Gasteiger partial charge in [-0.25, -0.2) is 0 Å². The Bertz CT molecular complexity index is 832. The van der Waals surface area contributed by atoms with Gasteiger partial charge in [-0.05, 0) is 42.7 Å². The number of carbonyl (C=O) groups is 2. The number of halogens is 2. The molecule has 1 N–H and O–H groups in total. The van der Waals surface area contributed by atoms with Gasteiger partial charge in [-0.3, -0.25) is 9.59 Å². The van der Waals surface area contributed by atoms with Crippen LogP contribution in [0.15, 0.2) is 53.0 Å². The van der Waals surface area contributed by atoms with Crippen molar-refractivity contribution in [3.8, 4) is 0 Å². The van der Waals surface area contributed by atoms with Crippen molar-refractivity contribution < 1.29 is 9.59 Å². The summed E-state index contributed by atoms with van der Waals surface area (Å²) in [5.74, 6) is 0.820. The molecule has 30 heavy (non-hydrogen) atoms. The van der Waals surface area contributed by atoms with Crippen LogP contribution in [0, 0.1) is 0 Å². The fraction of sp³-hybridized carbons (Fsp3) is 0.391. The third-order valence-corrected chi connectivity index (χ3v) is 6.59. The minimum Gasteiger partial charge on any atom is -0.354 e. The van der Waals surface area contributed by atoms with Crippen molar-refractivity contribution in [2.45, 2.75) is 45.0 Å². The Morgan fingerprint density at radius 2 is 1.87 bits per heavy atom. The molecule has 0 spiro atoms. The normalized spacial score (nSPS) is 11.7. The third kappa shape index (κ3) is 7.97. The first-order valence-corrected chi connectivity index (χ1v) is 12.4. The number of nitrogens with zero attached hydrogens (tertiary/aromatic N) is 1. The Kier molecular flexibility index (Phi) is 10.8. The standard InChI is InChI=1S/C23H28BrClN2O2S/c1-3-4-13-26-23(29)17(2)27(14-19-7-5-6-8-21(19)25)22(28)16-30-15-18-9-11-20(24)12-10-18/h5-12,17H,3-4,13-16H2,1-2H3,(H,26,29)/t17-/m1/s1. The molecule has 0 bridgehead atoms. The second-order valence-electron chi connectivity index (χ2n) is 7.05. The van der Waals surface area contributed by atoms with Gasteiger partial charge in [0.25, 0.3) is 0 Å². The number of hydrogen-bond acceptors (Lipinski definition) is 3. The molecule has 2 aromatic carbocycles. The van der Waals surface area contributed by atoms with Crippen molar-refractivity contribution in [2.75, 3.05) is 12.3 Å². The van der Waals surface area contributed by atoms with E-state index in [2.05, 4.69) is 28.2 Å². The average Bonchev–Trinajstić information content (AvgIpc) is 2.74. The maximum atomic E-state index is 13.1. The molecule has 0 aromatic heterocycles. The highest BCUT2D eigenvalue weighted by atomic mass is 79.9. The molecule has 2 rings (SSSR count). The molecule has 2 amide bonds. The summed E-state index contributed by atoms with van der Waals surface area (Å²) in [6.45, 7) is 4.77. The van der Waals surface area contributed by atoms with Gasteiger partial charge in [0.1, 0.15) is 6.04 Å². The van der Waals surface area contributed by atoms with E-state index in [4.69, 9.17) is 11.6 Å². The lowest BCUT2D eigenvalue weighted by Crippen LogP contribution is -2.48. The van der Waals surface area contributed by atoms with Gasteiger partial charge in [-0.1, -0.05) is 71.2 Å². The number of thioether (sulfide) groups is 1.